The Bertz CT molecular complexity index is 285. The second-order valence-corrected chi connectivity index (χ2v) is 6.41. The fourth-order valence-corrected chi connectivity index (χ4v) is 3.44. The molecule has 0 aromatic rings. The van der Waals surface area contributed by atoms with E-state index in [0.29, 0.717) is 5.92 Å². The molecular weight excluding hydrogens is 210 g/mol. The van der Waals surface area contributed by atoms with Crippen LogP contribution >= 0.6 is 0 Å². The summed E-state index contributed by atoms with van der Waals surface area (Å²) in [6.07, 6.45) is 5.82. The normalized spacial score (nSPS) is 32.5. The highest BCUT2D eigenvalue weighted by atomic mass is 15.2. The zero-order chi connectivity index (χ0) is 12.4. The number of nitrogens with two attached hydrogens (primary N) is 1. The topological polar surface area (TPSA) is 41.6 Å². The maximum atomic E-state index is 6.02. The second kappa shape index (κ2) is 5.28. The number of rotatable bonds is 4. The van der Waals surface area contributed by atoms with Crippen molar-refractivity contribution in [2.45, 2.75) is 39.5 Å². The van der Waals surface area contributed by atoms with E-state index in [2.05, 4.69) is 30.8 Å². The van der Waals surface area contributed by atoms with E-state index in [1.807, 2.05) is 0 Å². The Hall–Kier alpha value is -0.730. The van der Waals surface area contributed by atoms with E-state index in [4.69, 9.17) is 5.73 Å². The minimum absolute atomic E-state index is 0.587. The molecule has 3 heteroatoms. The van der Waals surface area contributed by atoms with Crippen LogP contribution in [0.2, 0.25) is 0 Å². The van der Waals surface area contributed by atoms with Gasteiger partial charge in [-0.25, -0.2) is 0 Å². The second-order valence-electron chi connectivity index (χ2n) is 6.41. The van der Waals surface area contributed by atoms with E-state index in [0.717, 1.165) is 36.8 Å². The first-order chi connectivity index (χ1) is 8.06. The van der Waals surface area contributed by atoms with Crippen LogP contribution in [0.3, 0.4) is 0 Å². The predicted molar refractivity (Wildman–Crippen MR) is 72.9 cm³/mol. The summed E-state index contributed by atoms with van der Waals surface area (Å²) in [5, 5.41) is 0. The van der Waals surface area contributed by atoms with Crippen molar-refractivity contribution in [3.05, 3.63) is 0 Å². The van der Waals surface area contributed by atoms with E-state index in [9.17, 15) is 0 Å². The van der Waals surface area contributed by atoms with Gasteiger partial charge in [-0.05, 0) is 42.9 Å². The lowest BCUT2D eigenvalue weighted by atomic mass is 9.88. The summed E-state index contributed by atoms with van der Waals surface area (Å²) in [5.41, 5.74) is 6.02. The lowest BCUT2D eigenvalue weighted by Gasteiger charge is -2.27. The molecule has 2 bridgehead atoms. The van der Waals surface area contributed by atoms with Crippen LogP contribution in [0.5, 0.6) is 0 Å². The Labute approximate surface area is 105 Å². The van der Waals surface area contributed by atoms with Crippen LogP contribution < -0.4 is 5.73 Å². The van der Waals surface area contributed by atoms with Gasteiger partial charge in [0.15, 0.2) is 5.96 Å². The monoisotopic (exact) mass is 237 g/mol. The summed E-state index contributed by atoms with van der Waals surface area (Å²) >= 11 is 0. The van der Waals surface area contributed by atoms with Crippen LogP contribution in [0.15, 0.2) is 4.99 Å². The van der Waals surface area contributed by atoms with E-state index in [1.165, 1.54) is 25.7 Å². The molecule has 0 spiro atoms. The first kappa shape index (κ1) is 12.7. The third-order valence-corrected chi connectivity index (χ3v) is 4.40. The maximum absolute atomic E-state index is 6.02. The first-order valence-electron chi connectivity index (χ1n) is 7.07. The molecule has 2 fully saturated rings. The summed E-state index contributed by atoms with van der Waals surface area (Å²) in [4.78, 5) is 6.61. The van der Waals surface area contributed by atoms with E-state index in [1.54, 1.807) is 0 Å². The number of hydrogen-bond donors (Lipinski definition) is 1. The van der Waals surface area contributed by atoms with E-state index >= 15 is 0 Å². The molecule has 0 heterocycles. The molecule has 2 aliphatic carbocycles. The molecule has 2 saturated carbocycles. The summed E-state index contributed by atoms with van der Waals surface area (Å²) in [7, 11) is 2.09. The summed E-state index contributed by atoms with van der Waals surface area (Å²) in [6, 6.07) is 0. The third kappa shape index (κ3) is 3.14. The zero-order valence-electron chi connectivity index (χ0n) is 11.5. The van der Waals surface area contributed by atoms with Crippen molar-refractivity contribution in [1.82, 2.24) is 4.90 Å². The molecule has 2 rings (SSSR count). The molecule has 2 N–H and O–H groups in total. The molecule has 17 heavy (non-hydrogen) atoms. The van der Waals surface area contributed by atoms with E-state index < -0.39 is 0 Å². The van der Waals surface area contributed by atoms with Crippen LogP contribution in [0.25, 0.3) is 0 Å². The number of aliphatic imine (C=N–C) groups is 1. The molecular formula is C14H27N3. The van der Waals surface area contributed by atoms with Crippen molar-refractivity contribution in [2.24, 2.45) is 34.4 Å². The average Bonchev–Trinajstić information content (AvgIpc) is 2.87. The Morgan fingerprint density at radius 1 is 1.35 bits per heavy atom. The highest BCUT2D eigenvalue weighted by molar-refractivity contribution is 5.77. The first-order valence-corrected chi connectivity index (χ1v) is 7.07. The summed E-state index contributed by atoms with van der Waals surface area (Å²) in [6.45, 7) is 6.29. The minimum atomic E-state index is 0.587. The Morgan fingerprint density at radius 2 is 2.12 bits per heavy atom. The van der Waals surface area contributed by atoms with Gasteiger partial charge in [-0.1, -0.05) is 20.3 Å². The molecule has 3 nitrogen and oxygen atoms in total. The Kier molecular flexibility index (Phi) is 3.95. The van der Waals surface area contributed by atoms with Gasteiger partial charge < -0.3 is 10.6 Å². The molecule has 0 amide bonds. The van der Waals surface area contributed by atoms with Gasteiger partial charge >= 0.3 is 0 Å². The summed E-state index contributed by atoms with van der Waals surface area (Å²) in [5.74, 6) is 4.17. The quantitative estimate of drug-likeness (QED) is 0.602. The van der Waals surface area contributed by atoms with Crippen molar-refractivity contribution in [3.63, 3.8) is 0 Å². The van der Waals surface area contributed by atoms with Crippen LogP contribution in [0.4, 0.5) is 0 Å². The predicted octanol–water partition coefficient (Wildman–Crippen LogP) is 2.33. The van der Waals surface area contributed by atoms with Crippen molar-refractivity contribution in [3.8, 4) is 0 Å². The average molecular weight is 237 g/mol. The van der Waals surface area contributed by atoms with Crippen molar-refractivity contribution in [1.29, 1.82) is 0 Å². The molecule has 0 aromatic heterocycles. The van der Waals surface area contributed by atoms with Crippen LogP contribution in [0.1, 0.15) is 39.5 Å². The molecule has 0 radical (unpaired) electrons. The Balaban J connectivity index is 1.80. The van der Waals surface area contributed by atoms with Crippen molar-refractivity contribution in [2.75, 3.05) is 20.1 Å². The fraction of sp³-hybridized carbons (Fsp3) is 0.929. The van der Waals surface area contributed by atoms with E-state index in [-0.39, 0.29) is 0 Å². The smallest absolute Gasteiger partial charge is 0.191 e. The van der Waals surface area contributed by atoms with Gasteiger partial charge in [0.05, 0.1) is 0 Å². The van der Waals surface area contributed by atoms with Gasteiger partial charge in [-0.3, -0.25) is 4.99 Å². The number of hydrogen-bond acceptors (Lipinski definition) is 1. The molecule has 3 unspecified atom stereocenters. The molecule has 2 aliphatic rings. The van der Waals surface area contributed by atoms with Gasteiger partial charge in [-0.2, -0.15) is 0 Å². The van der Waals surface area contributed by atoms with Crippen LogP contribution in [-0.2, 0) is 0 Å². The molecule has 98 valence electrons. The molecule has 0 aliphatic heterocycles. The molecule has 0 aromatic carbocycles. The van der Waals surface area contributed by atoms with Crippen molar-refractivity contribution >= 4 is 5.96 Å². The number of fused-ring (bicyclic) bond motifs is 2. The maximum Gasteiger partial charge on any atom is 0.191 e. The number of nitrogens with zero attached hydrogens (tertiary/aromatic N) is 2. The molecule has 3 atom stereocenters. The fourth-order valence-electron chi connectivity index (χ4n) is 3.44. The van der Waals surface area contributed by atoms with Gasteiger partial charge in [0, 0.05) is 20.1 Å². The Morgan fingerprint density at radius 3 is 2.65 bits per heavy atom. The largest absolute Gasteiger partial charge is 0.370 e. The van der Waals surface area contributed by atoms with Gasteiger partial charge in [-0.15, -0.1) is 0 Å². The van der Waals surface area contributed by atoms with Gasteiger partial charge in [0.1, 0.15) is 0 Å². The van der Waals surface area contributed by atoms with Crippen LogP contribution in [0, 0.1) is 23.7 Å². The minimum Gasteiger partial charge on any atom is -0.370 e. The lowest BCUT2D eigenvalue weighted by molar-refractivity contribution is 0.274. The highest BCUT2D eigenvalue weighted by Gasteiger charge is 2.39. The number of guanidine groups is 1. The molecule has 0 saturated heterocycles. The highest BCUT2D eigenvalue weighted by Crippen LogP contribution is 2.48. The van der Waals surface area contributed by atoms with Gasteiger partial charge in [0.2, 0.25) is 0 Å². The zero-order valence-corrected chi connectivity index (χ0v) is 11.5. The summed E-state index contributed by atoms with van der Waals surface area (Å²) < 4.78 is 0. The SMILES string of the molecule is CC(C)CN=C(N)N(C)CC1CC2CCC1C2. The lowest BCUT2D eigenvalue weighted by Crippen LogP contribution is -2.39. The third-order valence-electron chi connectivity index (χ3n) is 4.40. The standard InChI is InChI=1S/C14H27N3/c1-10(2)8-16-14(15)17(3)9-13-7-11-4-5-12(13)6-11/h10-13H,4-9H2,1-3H3,(H2,15,16). The van der Waals surface area contributed by atoms with Crippen LogP contribution in [-0.4, -0.2) is 31.0 Å². The van der Waals surface area contributed by atoms with Gasteiger partial charge in [0.25, 0.3) is 0 Å². The van der Waals surface area contributed by atoms with Crippen molar-refractivity contribution < 1.29 is 0 Å².